The minimum Gasteiger partial charge on any atom is -0.507 e. The van der Waals surface area contributed by atoms with Crippen molar-refractivity contribution >= 4 is 28.9 Å². The van der Waals surface area contributed by atoms with Crippen molar-refractivity contribution in [3.63, 3.8) is 0 Å². The van der Waals surface area contributed by atoms with Crippen molar-refractivity contribution in [3.05, 3.63) is 51.0 Å². The smallest absolute Gasteiger partial charge is 0.353 e. The number of aromatic hydroxyl groups is 3. The summed E-state index contributed by atoms with van der Waals surface area (Å²) in [7, 11) is 0. The normalized spacial score (nSPS) is 10.2. The molecule has 0 heterocycles. The van der Waals surface area contributed by atoms with E-state index in [0.29, 0.717) is 11.1 Å². The molecule has 1 amide bonds. The van der Waals surface area contributed by atoms with Crippen LogP contribution in [0.15, 0.2) is 30.3 Å². The summed E-state index contributed by atoms with van der Waals surface area (Å²) in [5.74, 6) is -3.90. The first kappa shape index (κ1) is 15.4. The van der Waals surface area contributed by atoms with Crippen molar-refractivity contribution in [1.29, 1.82) is 0 Å². The van der Waals surface area contributed by atoms with Gasteiger partial charge in [-0.05, 0) is 18.2 Å². The van der Waals surface area contributed by atoms with Crippen LogP contribution in [0.25, 0.3) is 0 Å². The number of hydrogen-bond acceptors (Lipinski definition) is 6. The van der Waals surface area contributed by atoms with Crippen LogP contribution in [0.5, 0.6) is 17.2 Å². The number of nitrogens with zero attached hydrogens (tertiary/aromatic N) is 1. The SMILES string of the molecule is O=C(Nc1cccc(Cl)c1)c1c(O)cc(O)c([N+](=O)[O-])c1O. The fourth-order valence-corrected chi connectivity index (χ4v) is 1.99. The number of amides is 1. The molecule has 0 fully saturated rings. The van der Waals surface area contributed by atoms with E-state index in [1.807, 2.05) is 0 Å². The topological polar surface area (TPSA) is 133 Å². The van der Waals surface area contributed by atoms with Crippen molar-refractivity contribution in [3.8, 4) is 17.2 Å². The molecule has 0 aliphatic carbocycles. The summed E-state index contributed by atoms with van der Waals surface area (Å²) in [6.07, 6.45) is 0. The van der Waals surface area contributed by atoms with Gasteiger partial charge in [-0.1, -0.05) is 17.7 Å². The van der Waals surface area contributed by atoms with Crippen LogP contribution in [-0.2, 0) is 0 Å². The lowest BCUT2D eigenvalue weighted by molar-refractivity contribution is -0.386. The average Bonchev–Trinajstić information content (AvgIpc) is 2.37. The van der Waals surface area contributed by atoms with Crippen molar-refractivity contribution in [1.82, 2.24) is 0 Å². The Morgan fingerprint density at radius 2 is 1.86 bits per heavy atom. The van der Waals surface area contributed by atoms with E-state index in [4.69, 9.17) is 11.6 Å². The van der Waals surface area contributed by atoms with E-state index >= 15 is 0 Å². The fourth-order valence-electron chi connectivity index (χ4n) is 1.79. The number of halogens is 1. The Morgan fingerprint density at radius 3 is 2.45 bits per heavy atom. The molecule has 0 radical (unpaired) electrons. The fraction of sp³-hybridized carbons (Fsp3) is 0. The number of rotatable bonds is 3. The molecule has 0 aliphatic heterocycles. The number of nitrogens with one attached hydrogen (secondary N) is 1. The molecule has 0 aliphatic rings. The van der Waals surface area contributed by atoms with Crippen LogP contribution < -0.4 is 5.32 Å². The molecule has 0 unspecified atom stereocenters. The molecule has 9 heteroatoms. The zero-order valence-electron chi connectivity index (χ0n) is 10.8. The standard InChI is InChI=1S/C13H9ClN2O6/c14-6-2-1-3-7(4-6)15-13(20)10-8(17)5-9(18)11(12(10)19)16(21)22/h1-5,17-19H,(H,15,20). The highest BCUT2D eigenvalue weighted by Gasteiger charge is 2.29. The Hall–Kier alpha value is -3.00. The van der Waals surface area contributed by atoms with Gasteiger partial charge in [0, 0.05) is 16.8 Å². The predicted molar refractivity (Wildman–Crippen MR) is 77.5 cm³/mol. The van der Waals surface area contributed by atoms with E-state index in [2.05, 4.69) is 5.32 Å². The molecule has 0 bridgehead atoms. The summed E-state index contributed by atoms with van der Waals surface area (Å²) in [6.45, 7) is 0. The molecule has 0 spiro atoms. The van der Waals surface area contributed by atoms with Crippen molar-refractivity contribution in [2.45, 2.75) is 0 Å². The van der Waals surface area contributed by atoms with Crippen LogP contribution in [0.4, 0.5) is 11.4 Å². The van der Waals surface area contributed by atoms with E-state index in [1.54, 1.807) is 12.1 Å². The molecule has 22 heavy (non-hydrogen) atoms. The molecule has 0 saturated carbocycles. The number of phenolic OH excluding ortho intramolecular Hbond substituents is 3. The summed E-state index contributed by atoms with van der Waals surface area (Å²) in [5.41, 5.74) is -1.55. The van der Waals surface area contributed by atoms with Gasteiger partial charge in [-0.2, -0.15) is 0 Å². The van der Waals surface area contributed by atoms with Crippen molar-refractivity contribution in [2.75, 3.05) is 5.32 Å². The van der Waals surface area contributed by atoms with E-state index in [0.717, 1.165) is 0 Å². The maximum absolute atomic E-state index is 12.1. The number of carbonyl (C=O) groups is 1. The zero-order valence-corrected chi connectivity index (χ0v) is 11.5. The number of anilines is 1. The maximum atomic E-state index is 12.1. The molecule has 4 N–H and O–H groups in total. The second-order valence-corrected chi connectivity index (χ2v) is 4.65. The van der Waals surface area contributed by atoms with Gasteiger partial charge in [0.25, 0.3) is 5.91 Å². The van der Waals surface area contributed by atoms with Crippen LogP contribution >= 0.6 is 11.6 Å². The van der Waals surface area contributed by atoms with Gasteiger partial charge in [-0.15, -0.1) is 0 Å². The van der Waals surface area contributed by atoms with Gasteiger partial charge >= 0.3 is 5.69 Å². The monoisotopic (exact) mass is 324 g/mol. The highest BCUT2D eigenvalue weighted by molar-refractivity contribution is 6.31. The van der Waals surface area contributed by atoms with Crippen LogP contribution in [0, 0.1) is 10.1 Å². The van der Waals surface area contributed by atoms with Crippen LogP contribution in [0.1, 0.15) is 10.4 Å². The first-order valence-electron chi connectivity index (χ1n) is 5.80. The molecule has 0 saturated heterocycles. The minimum atomic E-state index is -1.14. The third-order valence-corrected chi connectivity index (χ3v) is 2.96. The van der Waals surface area contributed by atoms with Crippen molar-refractivity contribution < 1.29 is 25.0 Å². The first-order chi connectivity index (χ1) is 10.3. The molecule has 8 nitrogen and oxygen atoms in total. The van der Waals surface area contributed by atoms with Gasteiger partial charge in [0.15, 0.2) is 0 Å². The molecule has 114 valence electrons. The number of benzene rings is 2. The Kier molecular flexibility index (Phi) is 4.04. The summed E-state index contributed by atoms with van der Waals surface area (Å²) in [6, 6.07) is 6.62. The van der Waals surface area contributed by atoms with Crippen LogP contribution in [-0.4, -0.2) is 26.2 Å². The van der Waals surface area contributed by atoms with Gasteiger partial charge in [-0.3, -0.25) is 14.9 Å². The molecule has 2 rings (SSSR count). The molecular weight excluding hydrogens is 316 g/mol. The van der Waals surface area contributed by atoms with Gasteiger partial charge in [-0.25, -0.2) is 0 Å². The van der Waals surface area contributed by atoms with Crippen molar-refractivity contribution in [2.24, 2.45) is 0 Å². The number of hydrogen-bond donors (Lipinski definition) is 4. The average molecular weight is 325 g/mol. The number of nitro benzene ring substituents is 1. The number of phenols is 3. The largest absolute Gasteiger partial charge is 0.507 e. The third kappa shape index (κ3) is 2.86. The molecular formula is C13H9ClN2O6. The lowest BCUT2D eigenvalue weighted by atomic mass is 10.1. The van der Waals surface area contributed by atoms with Crippen LogP contribution in [0.2, 0.25) is 5.02 Å². The highest BCUT2D eigenvalue weighted by Crippen LogP contribution is 2.43. The number of nitro groups is 1. The second-order valence-electron chi connectivity index (χ2n) is 4.21. The van der Waals surface area contributed by atoms with Gasteiger partial charge < -0.3 is 20.6 Å². The Labute approximate surface area is 128 Å². The van der Waals surface area contributed by atoms with E-state index in [1.165, 1.54) is 12.1 Å². The molecule has 0 aromatic heterocycles. The second kappa shape index (κ2) is 5.78. The highest BCUT2D eigenvalue weighted by atomic mass is 35.5. The Balaban J connectivity index is 2.46. The van der Waals surface area contributed by atoms with Gasteiger partial charge in [0.1, 0.15) is 11.3 Å². The summed E-state index contributed by atoms with van der Waals surface area (Å²) in [4.78, 5) is 21.8. The summed E-state index contributed by atoms with van der Waals surface area (Å²) in [5, 5.41) is 42.2. The lowest BCUT2D eigenvalue weighted by Gasteiger charge is -2.10. The van der Waals surface area contributed by atoms with Crippen LogP contribution in [0.3, 0.4) is 0 Å². The first-order valence-corrected chi connectivity index (χ1v) is 6.18. The predicted octanol–water partition coefficient (Wildman–Crippen LogP) is 2.62. The summed E-state index contributed by atoms with van der Waals surface area (Å²) >= 11 is 5.75. The number of carbonyl (C=O) groups excluding carboxylic acids is 1. The zero-order chi connectivity index (χ0) is 16.4. The molecule has 2 aromatic carbocycles. The van der Waals surface area contributed by atoms with Gasteiger partial charge in [0.05, 0.1) is 4.92 Å². The minimum absolute atomic E-state index is 0.257. The molecule has 2 aromatic rings. The maximum Gasteiger partial charge on any atom is 0.353 e. The third-order valence-electron chi connectivity index (χ3n) is 2.73. The lowest BCUT2D eigenvalue weighted by Crippen LogP contribution is -2.13. The quantitative estimate of drug-likeness (QED) is 0.506. The van der Waals surface area contributed by atoms with Gasteiger partial charge in [0.2, 0.25) is 11.5 Å². The Morgan fingerprint density at radius 1 is 1.18 bits per heavy atom. The van der Waals surface area contributed by atoms with E-state index < -0.39 is 39.3 Å². The summed E-state index contributed by atoms with van der Waals surface area (Å²) < 4.78 is 0. The molecule has 0 atom stereocenters. The van der Waals surface area contributed by atoms with E-state index in [-0.39, 0.29) is 5.69 Å². The van der Waals surface area contributed by atoms with E-state index in [9.17, 15) is 30.2 Å². The Bertz CT molecular complexity index is 777.